The summed E-state index contributed by atoms with van der Waals surface area (Å²) in [5, 5.41) is 0. The maximum atomic E-state index is 14.6. The van der Waals surface area contributed by atoms with Crippen LogP contribution in [0, 0.1) is 0 Å². The average Bonchev–Trinajstić information content (AvgIpc) is 0.782. The van der Waals surface area contributed by atoms with Crippen molar-refractivity contribution in [3.8, 4) is 34.5 Å². The lowest BCUT2D eigenvalue weighted by Crippen LogP contribution is -2.66. The first-order valence-electron chi connectivity index (χ1n) is 34.0. The van der Waals surface area contributed by atoms with Crippen LogP contribution in [0.4, 0.5) is 0 Å². The number of hydrogen-bond donors (Lipinski definition) is 0. The number of allylic oxidation sites excluding steroid dienone is 2. The Morgan fingerprint density at radius 3 is 1.11 bits per heavy atom. The molecule has 520 valence electrons. The van der Waals surface area contributed by atoms with Gasteiger partial charge in [0.1, 0.15) is 77.2 Å². The molecule has 3 aliphatic heterocycles. The predicted molar refractivity (Wildman–Crippen MR) is 363 cm³/mol. The van der Waals surface area contributed by atoms with E-state index in [-0.39, 0.29) is 65.4 Å². The Bertz CT molecular complexity index is 3140. The van der Waals surface area contributed by atoms with Crippen molar-refractivity contribution in [3.63, 3.8) is 0 Å². The first kappa shape index (κ1) is 73.2. The van der Waals surface area contributed by atoms with E-state index in [9.17, 15) is 4.79 Å². The molecule has 6 aromatic carbocycles. The van der Waals surface area contributed by atoms with Crippen molar-refractivity contribution in [1.29, 1.82) is 0 Å². The summed E-state index contributed by atoms with van der Waals surface area (Å²) in [4.78, 5) is 14.6. The van der Waals surface area contributed by atoms with Gasteiger partial charge in [-0.2, -0.15) is 0 Å². The molecule has 11 atom stereocenters. The summed E-state index contributed by atoms with van der Waals surface area (Å²) >= 11 is 0. The number of rotatable bonds is 26. The highest BCUT2D eigenvalue weighted by atomic mass is 16.8. The van der Waals surface area contributed by atoms with Crippen LogP contribution in [-0.2, 0) is 96.5 Å². The molecule has 2 fully saturated rings. The Labute approximate surface area is 567 Å². The van der Waals surface area contributed by atoms with Gasteiger partial charge in [0.15, 0.2) is 18.7 Å². The van der Waals surface area contributed by atoms with Crippen LogP contribution < -0.4 is 28.4 Å². The fourth-order valence-corrected chi connectivity index (χ4v) is 12.0. The Balaban J connectivity index is 1.17. The monoisotopic (exact) mass is 1320 g/mol. The second kappa shape index (κ2) is 40.0. The molecule has 0 aliphatic carbocycles. The summed E-state index contributed by atoms with van der Waals surface area (Å²) in [5.41, 5.74) is 5.23. The Hall–Kier alpha value is -7.07. The van der Waals surface area contributed by atoms with Crippen LogP contribution in [0.2, 0.25) is 0 Å². The van der Waals surface area contributed by atoms with E-state index in [2.05, 4.69) is 19.1 Å². The zero-order chi connectivity index (χ0) is 67.1. The van der Waals surface area contributed by atoms with Gasteiger partial charge in [0.2, 0.25) is 0 Å². The Kier molecular flexibility index (Phi) is 30.5. The van der Waals surface area contributed by atoms with E-state index in [0.29, 0.717) is 35.2 Å². The number of carbonyl (C=O) groups excluding carboxylic acids is 1. The van der Waals surface area contributed by atoms with Crippen LogP contribution in [0.25, 0.3) is 0 Å². The molecule has 0 N–H and O–H groups in total. The topological polar surface area (TPSA) is 174 Å². The minimum atomic E-state index is -1.31. The van der Waals surface area contributed by atoms with Crippen molar-refractivity contribution in [2.45, 2.75) is 198 Å². The summed E-state index contributed by atoms with van der Waals surface area (Å²) in [7, 11) is 9.81. The zero-order valence-corrected chi connectivity index (χ0v) is 57.1. The van der Waals surface area contributed by atoms with Crippen LogP contribution in [0.5, 0.6) is 34.5 Å². The molecule has 0 aromatic heterocycles. The fourth-order valence-electron chi connectivity index (χ4n) is 12.0. The molecule has 3 aliphatic rings. The van der Waals surface area contributed by atoms with Gasteiger partial charge in [-0.1, -0.05) is 123 Å². The molecule has 2 saturated heterocycles. The third-order valence-electron chi connectivity index (χ3n) is 17.6. The lowest BCUT2D eigenvalue weighted by Gasteiger charge is -2.50. The van der Waals surface area contributed by atoms with E-state index in [0.717, 1.165) is 110 Å². The SMILES string of the molecule is COc1ccc(COC[C@H]2O[C@H]3O[C@@H](C)CCCCCC/C=C\CCCCCCCC(=O)O[C@H]4[C@H](OCc5ccc(OC)cc5)[C@@H](OCc5ccc(OC)cc5)C(O[C@@H]3[C@@H](OCc3ccc(OC)cc3)[C@@H]2OCc2ccc(OC)cc2)O[C@@H]4COCc2ccc(OC)cc2)cc1. The molecule has 1 unspecified atom stereocenters. The van der Waals surface area contributed by atoms with Gasteiger partial charge in [-0.25, -0.2) is 0 Å². The van der Waals surface area contributed by atoms with Gasteiger partial charge in [0.05, 0.1) is 102 Å². The summed E-state index contributed by atoms with van der Waals surface area (Å²) in [6.07, 6.45) is 5.80. The van der Waals surface area contributed by atoms with Crippen molar-refractivity contribution < 1.29 is 85.3 Å². The van der Waals surface area contributed by atoms with Gasteiger partial charge in [-0.15, -0.1) is 0 Å². The lowest BCUT2D eigenvalue weighted by molar-refractivity contribution is -0.385. The van der Waals surface area contributed by atoms with Crippen molar-refractivity contribution in [1.82, 2.24) is 0 Å². The minimum Gasteiger partial charge on any atom is -0.497 e. The van der Waals surface area contributed by atoms with E-state index in [1.54, 1.807) is 42.7 Å². The minimum absolute atomic E-state index is 0.0530. The van der Waals surface area contributed by atoms with Crippen molar-refractivity contribution in [3.05, 3.63) is 191 Å². The predicted octanol–water partition coefficient (Wildman–Crippen LogP) is 14.6. The van der Waals surface area contributed by atoms with Crippen molar-refractivity contribution >= 4 is 5.97 Å². The molecule has 9 rings (SSSR count). The summed E-state index contributed by atoms with van der Waals surface area (Å²) < 4.78 is 112. The molecule has 0 saturated carbocycles. The largest absolute Gasteiger partial charge is 0.497 e. The summed E-state index contributed by atoms with van der Waals surface area (Å²) in [5.74, 6) is 3.83. The second-order valence-electron chi connectivity index (χ2n) is 24.6. The van der Waals surface area contributed by atoms with Crippen LogP contribution in [0.1, 0.15) is 124 Å². The molecule has 18 nitrogen and oxygen atoms in total. The number of hydrogen-bond acceptors (Lipinski definition) is 18. The van der Waals surface area contributed by atoms with E-state index in [1.165, 1.54) is 0 Å². The van der Waals surface area contributed by atoms with Gasteiger partial charge in [-0.3, -0.25) is 4.79 Å². The third-order valence-corrected chi connectivity index (χ3v) is 17.6. The number of fused-ring (bicyclic) bond motifs is 4. The third kappa shape index (κ3) is 23.0. The maximum Gasteiger partial charge on any atom is 0.306 e. The number of ether oxygens (including phenoxy) is 17. The first-order valence-corrected chi connectivity index (χ1v) is 34.0. The average molecular weight is 1330 g/mol. The summed E-state index contributed by atoms with van der Waals surface area (Å²) in [6.45, 7) is 2.96. The van der Waals surface area contributed by atoms with E-state index in [4.69, 9.17) is 80.5 Å². The molecular weight excluding hydrogens is 1220 g/mol. The molecule has 3 heterocycles. The van der Waals surface area contributed by atoms with Crippen LogP contribution in [0.15, 0.2) is 158 Å². The highest BCUT2D eigenvalue weighted by Gasteiger charge is 2.55. The molecule has 0 spiro atoms. The highest BCUT2D eigenvalue weighted by molar-refractivity contribution is 5.69. The van der Waals surface area contributed by atoms with Gasteiger partial charge >= 0.3 is 5.97 Å². The molecule has 0 amide bonds. The number of carbonyl (C=O) groups is 1. The van der Waals surface area contributed by atoms with Crippen molar-refractivity contribution in [2.75, 3.05) is 55.9 Å². The molecule has 18 heteroatoms. The zero-order valence-electron chi connectivity index (χ0n) is 57.1. The first-order chi connectivity index (χ1) is 47.1. The van der Waals surface area contributed by atoms with Crippen LogP contribution in [0.3, 0.4) is 0 Å². The molecule has 6 aromatic rings. The van der Waals surface area contributed by atoms with E-state index >= 15 is 0 Å². The fraction of sp³-hybridized carbons (Fsp3) is 0.500. The Morgan fingerprint density at radius 1 is 0.344 bits per heavy atom. The van der Waals surface area contributed by atoms with E-state index in [1.807, 2.05) is 146 Å². The highest BCUT2D eigenvalue weighted by Crippen LogP contribution is 2.38. The number of esters is 1. The van der Waals surface area contributed by atoms with Gasteiger partial charge < -0.3 is 80.5 Å². The van der Waals surface area contributed by atoms with Crippen LogP contribution >= 0.6 is 0 Å². The number of methoxy groups -OCH3 is 6. The quantitative estimate of drug-likeness (QED) is 0.0370. The molecule has 2 bridgehead atoms. The van der Waals surface area contributed by atoms with Gasteiger partial charge in [0, 0.05) is 6.42 Å². The van der Waals surface area contributed by atoms with Gasteiger partial charge in [-0.05, 0) is 152 Å². The lowest BCUT2D eigenvalue weighted by atomic mass is 9.95. The standard InChI is InChI=1S/C78H100O18/c1-55-21-19-17-15-13-11-9-8-10-12-14-16-18-20-22-70(79)95-72-69(54-87-48-57-25-37-63(81-3)38-26-57)94-77(75(91-52-61-33-45-67(85-7)46-34-61)74(72)90-51-60-31-43-66(84-6)44-32-60)96-76-73(89-50-59-29-41-65(83-5)42-30-59)71(88-49-58-27-39-64(82-4)40-28-58)68(93-78(76)92-55)53-86-47-56-23-35-62(80-2)36-24-56/h8-9,23-46,55,68-69,71-78H,10-22,47-54H2,1-7H3/b9-8-/t55-,68+,69+,71+,72+,73-,74-,75+,76+,77?,78+/m0/s1. The summed E-state index contributed by atoms with van der Waals surface area (Å²) in [6, 6.07) is 46.2. The molecule has 0 radical (unpaired) electrons. The van der Waals surface area contributed by atoms with Crippen molar-refractivity contribution in [2.24, 2.45) is 0 Å². The Morgan fingerprint density at radius 2 is 0.688 bits per heavy atom. The molecular formula is C78H100O18. The van der Waals surface area contributed by atoms with E-state index < -0.39 is 67.4 Å². The van der Waals surface area contributed by atoms with Gasteiger partial charge in [0.25, 0.3) is 0 Å². The number of benzene rings is 6. The second-order valence-corrected chi connectivity index (χ2v) is 24.6. The maximum absolute atomic E-state index is 14.6. The smallest absolute Gasteiger partial charge is 0.306 e. The normalized spacial score (nSPS) is 24.6. The molecule has 96 heavy (non-hydrogen) atoms. The van der Waals surface area contributed by atoms with Crippen LogP contribution in [-0.4, -0.2) is 129 Å².